The van der Waals surface area contributed by atoms with Gasteiger partial charge >= 0.3 is 0 Å². The van der Waals surface area contributed by atoms with Crippen molar-refractivity contribution in [3.05, 3.63) is 59.2 Å². The lowest BCUT2D eigenvalue weighted by Crippen LogP contribution is -2.30. The summed E-state index contributed by atoms with van der Waals surface area (Å²) in [6, 6.07) is 13.8. The molecule has 0 heterocycles. The summed E-state index contributed by atoms with van der Waals surface area (Å²) in [5.41, 5.74) is 2.79. The highest BCUT2D eigenvalue weighted by atomic mass is 16.5. The summed E-state index contributed by atoms with van der Waals surface area (Å²) in [7, 11) is 3.24. The SMILES string of the molecule is CCN(Cc1ccc(C(=O)N[C@H](C)c2ccc(OCCOC)c(OC)c2)cc1)C(C)C. The van der Waals surface area contributed by atoms with Gasteiger partial charge in [0, 0.05) is 25.3 Å². The fraction of sp³-hybridized carbons (Fsp3) is 0.480. The van der Waals surface area contributed by atoms with E-state index in [4.69, 9.17) is 14.2 Å². The monoisotopic (exact) mass is 428 g/mol. The Hall–Kier alpha value is -2.57. The van der Waals surface area contributed by atoms with E-state index in [1.165, 1.54) is 5.56 Å². The van der Waals surface area contributed by atoms with Gasteiger partial charge in [0.1, 0.15) is 6.61 Å². The summed E-state index contributed by atoms with van der Waals surface area (Å²) in [6.45, 7) is 11.3. The molecule has 2 aromatic carbocycles. The number of nitrogens with one attached hydrogen (secondary N) is 1. The second kappa shape index (κ2) is 12.3. The van der Waals surface area contributed by atoms with Gasteiger partial charge in [0.2, 0.25) is 0 Å². The van der Waals surface area contributed by atoms with Crippen molar-refractivity contribution in [2.75, 3.05) is 34.0 Å². The smallest absolute Gasteiger partial charge is 0.251 e. The number of hydrogen-bond donors (Lipinski definition) is 1. The zero-order chi connectivity index (χ0) is 22.8. The van der Waals surface area contributed by atoms with E-state index in [2.05, 4.69) is 31.0 Å². The number of carbonyl (C=O) groups is 1. The van der Waals surface area contributed by atoms with Gasteiger partial charge in [-0.1, -0.05) is 25.1 Å². The van der Waals surface area contributed by atoms with Crippen LogP contribution in [-0.4, -0.2) is 50.8 Å². The quantitative estimate of drug-likeness (QED) is 0.507. The van der Waals surface area contributed by atoms with Crippen molar-refractivity contribution in [3.63, 3.8) is 0 Å². The first kappa shape index (κ1) is 24.7. The van der Waals surface area contributed by atoms with Crippen LogP contribution in [0, 0.1) is 0 Å². The van der Waals surface area contributed by atoms with Gasteiger partial charge in [0.15, 0.2) is 11.5 Å². The third kappa shape index (κ3) is 7.26. The minimum absolute atomic E-state index is 0.102. The highest BCUT2D eigenvalue weighted by Gasteiger charge is 2.15. The normalized spacial score (nSPS) is 12.1. The standard InChI is InChI=1S/C25H36N2O4/c1-7-27(18(2)3)17-20-8-10-21(11-9-20)25(28)26-19(4)22-12-13-23(24(16-22)30-6)31-15-14-29-5/h8-13,16,18-19H,7,14-15,17H2,1-6H3,(H,26,28)/t19-/m1/s1. The number of nitrogens with zero attached hydrogens (tertiary/aromatic N) is 1. The molecule has 0 aliphatic carbocycles. The molecule has 31 heavy (non-hydrogen) atoms. The maximum atomic E-state index is 12.7. The van der Waals surface area contributed by atoms with Gasteiger partial charge in [0.05, 0.1) is 19.8 Å². The van der Waals surface area contributed by atoms with Crippen LogP contribution in [0.4, 0.5) is 0 Å². The van der Waals surface area contributed by atoms with Crippen LogP contribution in [0.2, 0.25) is 0 Å². The van der Waals surface area contributed by atoms with E-state index in [1.807, 2.05) is 49.4 Å². The van der Waals surface area contributed by atoms with Crippen LogP contribution >= 0.6 is 0 Å². The van der Waals surface area contributed by atoms with Crippen molar-refractivity contribution in [1.29, 1.82) is 0 Å². The zero-order valence-electron chi connectivity index (χ0n) is 19.6. The number of amides is 1. The molecule has 0 radical (unpaired) electrons. The second-order valence-corrected chi connectivity index (χ2v) is 7.80. The summed E-state index contributed by atoms with van der Waals surface area (Å²) < 4.78 is 16.1. The van der Waals surface area contributed by atoms with Gasteiger partial charge in [-0.15, -0.1) is 0 Å². The van der Waals surface area contributed by atoms with E-state index in [-0.39, 0.29) is 11.9 Å². The van der Waals surface area contributed by atoms with Crippen molar-refractivity contribution in [1.82, 2.24) is 10.2 Å². The van der Waals surface area contributed by atoms with Gasteiger partial charge in [-0.05, 0) is 62.7 Å². The molecule has 0 spiro atoms. The first-order valence-electron chi connectivity index (χ1n) is 10.8. The van der Waals surface area contributed by atoms with E-state index in [1.54, 1.807) is 14.2 Å². The van der Waals surface area contributed by atoms with Crippen LogP contribution in [0.25, 0.3) is 0 Å². The van der Waals surface area contributed by atoms with Gasteiger partial charge in [0.25, 0.3) is 5.91 Å². The first-order chi connectivity index (χ1) is 14.9. The minimum atomic E-state index is -0.175. The van der Waals surface area contributed by atoms with Gasteiger partial charge in [-0.3, -0.25) is 9.69 Å². The van der Waals surface area contributed by atoms with Crippen LogP contribution in [0.1, 0.15) is 55.2 Å². The molecule has 0 fully saturated rings. The zero-order valence-corrected chi connectivity index (χ0v) is 19.6. The number of ether oxygens (including phenoxy) is 3. The average Bonchev–Trinajstić information content (AvgIpc) is 2.77. The molecule has 1 atom stereocenters. The largest absolute Gasteiger partial charge is 0.493 e. The van der Waals surface area contributed by atoms with E-state index in [9.17, 15) is 4.79 Å². The molecule has 2 aromatic rings. The highest BCUT2D eigenvalue weighted by Crippen LogP contribution is 2.30. The summed E-state index contributed by atoms with van der Waals surface area (Å²) >= 11 is 0. The Morgan fingerprint density at radius 3 is 2.29 bits per heavy atom. The van der Waals surface area contributed by atoms with Gasteiger partial charge < -0.3 is 19.5 Å². The Bertz CT molecular complexity index is 821. The number of rotatable bonds is 12. The van der Waals surface area contributed by atoms with Crippen LogP contribution in [0.5, 0.6) is 11.5 Å². The molecular formula is C25H36N2O4. The third-order valence-electron chi connectivity index (χ3n) is 5.32. The summed E-state index contributed by atoms with van der Waals surface area (Å²) in [5, 5.41) is 3.06. The fourth-order valence-corrected chi connectivity index (χ4v) is 3.33. The summed E-state index contributed by atoms with van der Waals surface area (Å²) in [4.78, 5) is 15.1. The van der Waals surface area contributed by atoms with E-state index in [0.29, 0.717) is 36.3 Å². The number of hydrogen-bond acceptors (Lipinski definition) is 5. The van der Waals surface area contributed by atoms with Crippen molar-refractivity contribution >= 4 is 5.91 Å². The average molecular weight is 429 g/mol. The highest BCUT2D eigenvalue weighted by molar-refractivity contribution is 5.94. The molecule has 0 aromatic heterocycles. The Labute approximate surface area is 186 Å². The van der Waals surface area contributed by atoms with Crippen LogP contribution in [-0.2, 0) is 11.3 Å². The lowest BCUT2D eigenvalue weighted by Gasteiger charge is -2.24. The lowest BCUT2D eigenvalue weighted by atomic mass is 10.1. The molecule has 0 bridgehead atoms. The predicted molar refractivity (Wildman–Crippen MR) is 124 cm³/mol. The summed E-state index contributed by atoms with van der Waals surface area (Å²) in [6.07, 6.45) is 0. The molecule has 0 aliphatic rings. The minimum Gasteiger partial charge on any atom is -0.493 e. The topological polar surface area (TPSA) is 60.0 Å². The van der Waals surface area contributed by atoms with Crippen molar-refractivity contribution in [3.8, 4) is 11.5 Å². The van der Waals surface area contributed by atoms with Crippen molar-refractivity contribution in [2.45, 2.75) is 46.3 Å². The Morgan fingerprint density at radius 1 is 1.00 bits per heavy atom. The molecule has 1 amide bonds. The van der Waals surface area contributed by atoms with Crippen LogP contribution in [0.3, 0.4) is 0 Å². The maximum absolute atomic E-state index is 12.7. The number of carbonyl (C=O) groups excluding carboxylic acids is 1. The molecule has 170 valence electrons. The molecule has 6 nitrogen and oxygen atoms in total. The molecule has 0 saturated carbocycles. The Morgan fingerprint density at radius 2 is 1.71 bits per heavy atom. The summed E-state index contributed by atoms with van der Waals surface area (Å²) in [5.74, 6) is 1.18. The Balaban J connectivity index is 2.01. The fourth-order valence-electron chi connectivity index (χ4n) is 3.33. The molecule has 0 unspecified atom stereocenters. The molecular weight excluding hydrogens is 392 g/mol. The molecule has 1 N–H and O–H groups in total. The van der Waals surface area contributed by atoms with E-state index >= 15 is 0 Å². The number of benzene rings is 2. The van der Waals surface area contributed by atoms with E-state index < -0.39 is 0 Å². The molecule has 6 heteroatoms. The predicted octanol–water partition coefficient (Wildman–Crippen LogP) is 4.44. The van der Waals surface area contributed by atoms with Crippen LogP contribution in [0.15, 0.2) is 42.5 Å². The lowest BCUT2D eigenvalue weighted by molar-refractivity contribution is 0.0939. The van der Waals surface area contributed by atoms with Gasteiger partial charge in [-0.25, -0.2) is 0 Å². The molecule has 0 aliphatic heterocycles. The molecule has 0 saturated heterocycles. The second-order valence-electron chi connectivity index (χ2n) is 7.80. The Kier molecular flexibility index (Phi) is 9.82. The van der Waals surface area contributed by atoms with E-state index in [0.717, 1.165) is 18.7 Å². The maximum Gasteiger partial charge on any atom is 0.251 e. The van der Waals surface area contributed by atoms with Gasteiger partial charge in [-0.2, -0.15) is 0 Å². The van der Waals surface area contributed by atoms with Crippen molar-refractivity contribution < 1.29 is 19.0 Å². The first-order valence-corrected chi connectivity index (χ1v) is 10.8. The third-order valence-corrected chi connectivity index (χ3v) is 5.32. The molecule has 2 rings (SSSR count). The number of methoxy groups -OCH3 is 2. The van der Waals surface area contributed by atoms with Crippen LogP contribution < -0.4 is 14.8 Å². The van der Waals surface area contributed by atoms with Crippen molar-refractivity contribution in [2.24, 2.45) is 0 Å².